The van der Waals surface area contributed by atoms with E-state index in [0.717, 1.165) is 25.7 Å². The molecule has 5 nitrogen and oxygen atoms in total. The highest BCUT2D eigenvalue weighted by molar-refractivity contribution is 5.94. The largest absolute Gasteiger partial charge is 0.396 e. The first-order chi connectivity index (χ1) is 18.3. The molecule has 214 valence electrons. The fraction of sp³-hybridized carbons (Fsp3) is 0.735. The van der Waals surface area contributed by atoms with E-state index in [1.54, 1.807) is 0 Å². The van der Waals surface area contributed by atoms with Crippen molar-refractivity contribution in [1.29, 1.82) is 0 Å². The molecule has 1 aromatic carbocycles. The minimum Gasteiger partial charge on any atom is -0.396 e. The number of aliphatic hydroxyl groups excluding tert-OH is 2. The van der Waals surface area contributed by atoms with Crippen molar-refractivity contribution in [3.63, 3.8) is 0 Å². The number of carbonyl (C=O) groups excluding carboxylic acids is 1. The predicted molar refractivity (Wildman–Crippen MR) is 155 cm³/mol. The Kier molecular flexibility index (Phi) is 6.10. The number of allylic oxidation sites excluding steroid dienone is 2. The van der Waals surface area contributed by atoms with Crippen molar-refractivity contribution in [3.05, 3.63) is 48.0 Å². The Labute approximate surface area is 235 Å². The van der Waals surface area contributed by atoms with E-state index in [2.05, 4.69) is 58.8 Å². The fourth-order valence-corrected chi connectivity index (χ4v) is 11.5. The van der Waals surface area contributed by atoms with E-state index >= 15 is 0 Å². The van der Waals surface area contributed by atoms with Crippen molar-refractivity contribution < 1.29 is 15.0 Å². The zero-order valence-electron chi connectivity index (χ0n) is 25.2. The van der Waals surface area contributed by atoms with Gasteiger partial charge in [0.15, 0.2) is 0 Å². The third kappa shape index (κ3) is 3.27. The second kappa shape index (κ2) is 8.66. The molecule has 1 aromatic rings. The number of rotatable bonds is 5. The smallest absolute Gasteiger partial charge is 0.253 e. The molecule has 4 fully saturated rings. The molecule has 0 bridgehead atoms. The van der Waals surface area contributed by atoms with Crippen LogP contribution in [0.1, 0.15) is 76.6 Å². The summed E-state index contributed by atoms with van der Waals surface area (Å²) in [5, 5.41) is 22.5. The molecule has 39 heavy (non-hydrogen) atoms. The minimum absolute atomic E-state index is 0.00671. The maximum Gasteiger partial charge on any atom is 0.253 e. The van der Waals surface area contributed by atoms with Crippen LogP contribution in [-0.2, 0) is 0 Å². The highest BCUT2D eigenvalue weighted by Crippen LogP contribution is 2.87. The number of hydrogen-bond donors (Lipinski definition) is 2. The van der Waals surface area contributed by atoms with Crippen LogP contribution in [0.3, 0.4) is 0 Å². The zero-order chi connectivity index (χ0) is 28.2. The first kappa shape index (κ1) is 27.5. The average Bonchev–Trinajstić information content (AvgIpc) is 3.52. The highest BCUT2D eigenvalue weighted by Gasteiger charge is 2.82. The maximum atomic E-state index is 13.5. The predicted octanol–water partition coefficient (Wildman–Crippen LogP) is 5.24. The lowest BCUT2D eigenvalue weighted by Crippen LogP contribution is -2.61. The topological polar surface area (TPSA) is 64.0 Å². The van der Waals surface area contributed by atoms with Crippen molar-refractivity contribution in [1.82, 2.24) is 9.80 Å². The summed E-state index contributed by atoms with van der Waals surface area (Å²) in [5.74, 6) is 1.03. The van der Waals surface area contributed by atoms with Gasteiger partial charge in [0, 0.05) is 36.0 Å². The van der Waals surface area contributed by atoms with Crippen LogP contribution in [0.25, 0.3) is 0 Å². The van der Waals surface area contributed by atoms with Crippen LogP contribution in [0.15, 0.2) is 42.5 Å². The number of amides is 1. The summed E-state index contributed by atoms with van der Waals surface area (Å²) in [7, 11) is 6.23. The van der Waals surface area contributed by atoms with Crippen LogP contribution >= 0.6 is 0 Å². The van der Waals surface area contributed by atoms with Crippen LogP contribution < -0.4 is 0 Å². The van der Waals surface area contributed by atoms with E-state index in [-0.39, 0.29) is 63.6 Å². The van der Waals surface area contributed by atoms with E-state index in [9.17, 15) is 15.0 Å². The summed E-state index contributed by atoms with van der Waals surface area (Å²) in [5.41, 5.74) is 0.909. The number of hydrogen-bond acceptors (Lipinski definition) is 4. The molecule has 5 heteroatoms. The Hall–Kier alpha value is -1.69. The Morgan fingerprint density at radius 2 is 1.62 bits per heavy atom. The summed E-state index contributed by atoms with van der Waals surface area (Å²) >= 11 is 0. The lowest BCUT2D eigenvalue weighted by atomic mass is 9.43. The second-order valence-corrected chi connectivity index (χ2v) is 15.2. The van der Waals surface area contributed by atoms with Crippen molar-refractivity contribution in [2.75, 3.05) is 27.7 Å². The van der Waals surface area contributed by atoms with Gasteiger partial charge in [-0.15, -0.1) is 0 Å². The molecule has 0 saturated heterocycles. The van der Waals surface area contributed by atoms with Crippen LogP contribution in [0, 0.1) is 44.8 Å². The second-order valence-electron chi connectivity index (χ2n) is 15.2. The quantitative estimate of drug-likeness (QED) is 0.508. The van der Waals surface area contributed by atoms with Gasteiger partial charge in [0.2, 0.25) is 0 Å². The molecule has 0 radical (unpaired) electrons. The zero-order valence-corrected chi connectivity index (χ0v) is 25.2. The van der Waals surface area contributed by atoms with Gasteiger partial charge in [0.25, 0.3) is 5.91 Å². The van der Waals surface area contributed by atoms with E-state index in [1.165, 1.54) is 12.8 Å². The molecule has 11 atom stereocenters. The van der Waals surface area contributed by atoms with Crippen LogP contribution in [0.2, 0.25) is 0 Å². The van der Waals surface area contributed by atoms with Crippen molar-refractivity contribution in [2.24, 2.45) is 44.8 Å². The maximum absolute atomic E-state index is 13.5. The third-order valence-electron chi connectivity index (χ3n) is 13.9. The van der Waals surface area contributed by atoms with Gasteiger partial charge in [0.05, 0.1) is 12.7 Å². The summed E-state index contributed by atoms with van der Waals surface area (Å²) < 4.78 is 0. The molecular weight excluding hydrogens is 484 g/mol. The third-order valence-corrected chi connectivity index (χ3v) is 13.9. The van der Waals surface area contributed by atoms with Crippen molar-refractivity contribution in [2.45, 2.75) is 84.4 Å². The monoisotopic (exact) mass is 534 g/mol. The normalized spacial score (nSPS) is 48.5. The molecule has 0 aromatic heterocycles. The van der Waals surface area contributed by atoms with Gasteiger partial charge in [-0.2, -0.15) is 0 Å². The van der Waals surface area contributed by atoms with Crippen molar-refractivity contribution >= 4 is 5.91 Å². The highest BCUT2D eigenvalue weighted by atomic mass is 16.3. The standard InChI is InChI=1S/C34H50N2O3/c1-22(35(5)6)28-24(38)19-32(4)26-14-13-25-30(2,21-37)27(36(7)29(39)23-11-9-8-10-12-23)15-16-33(25)20-34(26,33)18-17-31(28,32)3/h8-14,22,24-28,37-38H,15-21H2,1-7H3/t22-,24+,25-,26-,27-,28-,30-,31+,32-,33+,34-/m0/s1. The Morgan fingerprint density at radius 3 is 2.26 bits per heavy atom. The van der Waals surface area contributed by atoms with E-state index < -0.39 is 0 Å². The van der Waals surface area contributed by atoms with Gasteiger partial charge < -0.3 is 20.0 Å². The molecule has 0 aliphatic heterocycles. The van der Waals surface area contributed by atoms with Crippen molar-refractivity contribution in [3.8, 4) is 0 Å². The van der Waals surface area contributed by atoms with Gasteiger partial charge in [0.1, 0.15) is 0 Å². The van der Waals surface area contributed by atoms with Gasteiger partial charge in [-0.05, 0) is 105 Å². The molecule has 4 saturated carbocycles. The summed E-state index contributed by atoms with van der Waals surface area (Å²) in [4.78, 5) is 17.7. The van der Waals surface area contributed by atoms with E-state index in [4.69, 9.17) is 0 Å². The molecule has 6 rings (SSSR count). The van der Waals surface area contributed by atoms with Gasteiger partial charge in [-0.3, -0.25) is 4.79 Å². The lowest BCUT2D eigenvalue weighted by Gasteiger charge is -2.62. The SMILES string of the molecule is C[C@@H]([C@H]1[C@H](O)C[C@@]2(C)[C@@H]3C=C[C@H]4[C@](C)(CO)[C@@H](N(C)C(=O)c5ccccc5)CC[C@@]45C[C@@]35CC[C@]12C)N(C)C. The van der Waals surface area contributed by atoms with Crippen LogP contribution in [-0.4, -0.2) is 71.9 Å². The van der Waals surface area contributed by atoms with Gasteiger partial charge in [-0.25, -0.2) is 0 Å². The average molecular weight is 535 g/mol. The van der Waals surface area contributed by atoms with Gasteiger partial charge >= 0.3 is 0 Å². The summed E-state index contributed by atoms with van der Waals surface area (Å²) in [6.07, 6.45) is 11.2. The summed E-state index contributed by atoms with van der Waals surface area (Å²) in [6, 6.07) is 9.88. The Morgan fingerprint density at radius 1 is 0.974 bits per heavy atom. The Bertz CT molecular complexity index is 1170. The molecule has 5 aliphatic rings. The molecular formula is C34H50N2O3. The van der Waals surface area contributed by atoms with E-state index in [1.807, 2.05) is 42.3 Å². The molecule has 0 unspecified atom stereocenters. The first-order valence-electron chi connectivity index (χ1n) is 15.3. The first-order valence-corrected chi connectivity index (χ1v) is 15.3. The molecule has 1 amide bonds. The molecule has 0 heterocycles. The minimum atomic E-state index is -0.388. The number of aliphatic hydroxyl groups is 2. The van der Waals surface area contributed by atoms with Crippen LogP contribution in [0.5, 0.6) is 0 Å². The fourth-order valence-electron chi connectivity index (χ4n) is 11.5. The number of benzene rings is 1. The number of nitrogens with zero attached hydrogens (tertiary/aromatic N) is 2. The van der Waals surface area contributed by atoms with Gasteiger partial charge in [-0.1, -0.05) is 51.1 Å². The van der Waals surface area contributed by atoms with E-state index in [0.29, 0.717) is 17.5 Å². The van der Waals surface area contributed by atoms with Crippen LogP contribution in [0.4, 0.5) is 0 Å². The molecule has 2 spiro atoms. The molecule has 5 aliphatic carbocycles. The summed E-state index contributed by atoms with van der Waals surface area (Å²) in [6.45, 7) is 9.58. The molecule has 2 N–H and O–H groups in total. The number of fused-ring (bicyclic) bond motifs is 2. The number of carbonyl (C=O) groups is 1. The lowest BCUT2D eigenvalue weighted by molar-refractivity contribution is -0.118. The Balaban J connectivity index is 1.35.